The first-order chi connectivity index (χ1) is 5.65. The van der Waals surface area contributed by atoms with Crippen molar-refractivity contribution in [1.29, 1.82) is 0 Å². The Morgan fingerprint density at radius 2 is 2.25 bits per heavy atom. The van der Waals surface area contributed by atoms with E-state index < -0.39 is 18.8 Å². The molecule has 1 fully saturated rings. The highest BCUT2D eigenvalue weighted by atomic mass is 16.4. The second-order valence-electron chi connectivity index (χ2n) is 3.01. The Labute approximate surface area is 70.0 Å². The minimum atomic E-state index is -1.15. The van der Waals surface area contributed by atoms with Crippen LogP contribution in [0.4, 0.5) is 0 Å². The van der Waals surface area contributed by atoms with Crippen LogP contribution in [0.1, 0.15) is 6.42 Å². The lowest BCUT2D eigenvalue weighted by molar-refractivity contribution is -0.120. The molecule has 4 N–H and O–H groups in total. The SMILES string of the molecule is O=C1C[C@H]([C@H](O)[C@H](O)CO)CN1. The molecule has 0 saturated carbocycles. The molecule has 0 aliphatic carbocycles. The zero-order valence-corrected chi connectivity index (χ0v) is 6.60. The van der Waals surface area contributed by atoms with Crippen LogP contribution in [-0.4, -0.2) is 46.6 Å². The molecule has 0 unspecified atom stereocenters. The summed E-state index contributed by atoms with van der Waals surface area (Å²) in [4.78, 5) is 10.7. The predicted molar refractivity (Wildman–Crippen MR) is 40.2 cm³/mol. The molecule has 3 atom stereocenters. The lowest BCUT2D eigenvalue weighted by atomic mass is 9.97. The smallest absolute Gasteiger partial charge is 0.220 e. The highest BCUT2D eigenvalue weighted by molar-refractivity contribution is 5.78. The minimum Gasteiger partial charge on any atom is -0.394 e. The van der Waals surface area contributed by atoms with Crippen LogP contribution in [-0.2, 0) is 4.79 Å². The normalized spacial score (nSPS) is 28.2. The maximum atomic E-state index is 10.7. The molecule has 0 spiro atoms. The van der Waals surface area contributed by atoms with E-state index in [2.05, 4.69) is 5.32 Å². The van der Waals surface area contributed by atoms with Gasteiger partial charge >= 0.3 is 0 Å². The highest BCUT2D eigenvalue weighted by Gasteiger charge is 2.31. The van der Waals surface area contributed by atoms with Gasteiger partial charge < -0.3 is 20.6 Å². The zero-order valence-electron chi connectivity index (χ0n) is 6.60. The first-order valence-electron chi connectivity index (χ1n) is 3.89. The van der Waals surface area contributed by atoms with Gasteiger partial charge in [0.1, 0.15) is 6.10 Å². The summed E-state index contributed by atoms with van der Waals surface area (Å²) < 4.78 is 0. The van der Waals surface area contributed by atoms with E-state index in [0.717, 1.165) is 0 Å². The van der Waals surface area contributed by atoms with E-state index in [1.54, 1.807) is 0 Å². The van der Waals surface area contributed by atoms with Crippen molar-refractivity contribution in [2.75, 3.05) is 13.2 Å². The summed E-state index contributed by atoms with van der Waals surface area (Å²) in [5.41, 5.74) is 0. The summed E-state index contributed by atoms with van der Waals surface area (Å²) in [6.45, 7) is -0.108. The Hall–Kier alpha value is -0.650. The molecule has 5 heteroatoms. The van der Waals surface area contributed by atoms with Crippen LogP contribution in [0.2, 0.25) is 0 Å². The summed E-state index contributed by atoms with van der Waals surface area (Å²) in [6.07, 6.45) is -1.95. The van der Waals surface area contributed by atoms with Crippen molar-refractivity contribution >= 4 is 5.91 Å². The van der Waals surface area contributed by atoms with E-state index in [4.69, 9.17) is 10.2 Å². The Kier molecular flexibility index (Phi) is 3.02. The molecule has 1 aliphatic heterocycles. The van der Waals surface area contributed by atoms with E-state index in [0.29, 0.717) is 6.54 Å². The highest BCUT2D eigenvalue weighted by Crippen LogP contribution is 2.16. The fraction of sp³-hybridized carbons (Fsp3) is 0.857. The third kappa shape index (κ3) is 1.94. The van der Waals surface area contributed by atoms with Crippen molar-refractivity contribution in [2.24, 2.45) is 5.92 Å². The molecule has 1 rings (SSSR count). The zero-order chi connectivity index (χ0) is 9.14. The quantitative estimate of drug-likeness (QED) is 0.393. The van der Waals surface area contributed by atoms with Gasteiger partial charge in [0.05, 0.1) is 12.7 Å². The van der Waals surface area contributed by atoms with E-state index >= 15 is 0 Å². The van der Waals surface area contributed by atoms with Crippen LogP contribution in [0.3, 0.4) is 0 Å². The molecule has 0 aromatic carbocycles. The molecule has 0 aromatic heterocycles. The minimum absolute atomic E-state index is 0.121. The van der Waals surface area contributed by atoms with Gasteiger partial charge in [-0.3, -0.25) is 4.79 Å². The number of aliphatic hydroxyl groups excluding tert-OH is 3. The number of amides is 1. The van der Waals surface area contributed by atoms with E-state index in [1.165, 1.54) is 0 Å². The van der Waals surface area contributed by atoms with Crippen LogP contribution >= 0.6 is 0 Å². The average molecular weight is 175 g/mol. The molecule has 1 saturated heterocycles. The monoisotopic (exact) mass is 175 g/mol. The van der Waals surface area contributed by atoms with Gasteiger partial charge in [0, 0.05) is 18.9 Å². The van der Waals surface area contributed by atoms with Crippen LogP contribution in [0.25, 0.3) is 0 Å². The first kappa shape index (κ1) is 9.44. The van der Waals surface area contributed by atoms with Crippen molar-refractivity contribution in [3.05, 3.63) is 0 Å². The number of carbonyl (C=O) groups excluding carboxylic acids is 1. The molecule has 1 heterocycles. The molecular weight excluding hydrogens is 162 g/mol. The Balaban J connectivity index is 2.42. The summed E-state index contributed by atoms with van der Waals surface area (Å²) in [7, 11) is 0. The molecule has 0 bridgehead atoms. The molecule has 70 valence electrons. The van der Waals surface area contributed by atoms with Gasteiger partial charge in [-0.15, -0.1) is 0 Å². The van der Waals surface area contributed by atoms with Gasteiger partial charge in [-0.05, 0) is 0 Å². The van der Waals surface area contributed by atoms with Gasteiger partial charge in [0.15, 0.2) is 0 Å². The summed E-state index contributed by atoms with van der Waals surface area (Å²) in [5, 5.41) is 29.4. The lowest BCUT2D eigenvalue weighted by Crippen LogP contribution is -2.36. The fourth-order valence-electron chi connectivity index (χ4n) is 1.29. The van der Waals surface area contributed by atoms with Gasteiger partial charge in [-0.2, -0.15) is 0 Å². The van der Waals surface area contributed by atoms with E-state index in [-0.39, 0.29) is 18.2 Å². The molecule has 0 radical (unpaired) electrons. The average Bonchev–Trinajstić information content (AvgIpc) is 2.49. The van der Waals surface area contributed by atoms with Crippen molar-refractivity contribution < 1.29 is 20.1 Å². The standard InChI is InChI=1S/C7H13NO4/c9-3-5(10)7(12)4-1-6(11)8-2-4/h4-5,7,9-10,12H,1-3H2,(H,8,11)/t4-,5+,7-/m0/s1. The van der Waals surface area contributed by atoms with Crippen LogP contribution in [0.15, 0.2) is 0 Å². The molecule has 12 heavy (non-hydrogen) atoms. The van der Waals surface area contributed by atoms with E-state index in [9.17, 15) is 9.90 Å². The van der Waals surface area contributed by atoms with Crippen LogP contribution in [0, 0.1) is 5.92 Å². The molecule has 0 aromatic rings. The fourth-order valence-corrected chi connectivity index (χ4v) is 1.29. The van der Waals surface area contributed by atoms with E-state index in [1.807, 2.05) is 0 Å². The summed E-state index contributed by atoms with van der Waals surface area (Å²) in [6, 6.07) is 0. The molecule has 1 aliphatic rings. The van der Waals surface area contributed by atoms with Crippen molar-refractivity contribution in [1.82, 2.24) is 5.32 Å². The number of nitrogens with one attached hydrogen (secondary N) is 1. The van der Waals surface area contributed by atoms with Crippen molar-refractivity contribution in [3.63, 3.8) is 0 Å². The Morgan fingerprint density at radius 3 is 2.67 bits per heavy atom. The number of carbonyl (C=O) groups is 1. The first-order valence-corrected chi connectivity index (χ1v) is 3.89. The maximum Gasteiger partial charge on any atom is 0.220 e. The largest absolute Gasteiger partial charge is 0.394 e. The van der Waals surface area contributed by atoms with Gasteiger partial charge in [0.25, 0.3) is 0 Å². The number of aliphatic hydroxyl groups is 3. The topological polar surface area (TPSA) is 89.8 Å². The predicted octanol–water partition coefficient (Wildman–Crippen LogP) is -2.16. The van der Waals surface area contributed by atoms with Crippen molar-refractivity contribution in [3.8, 4) is 0 Å². The third-order valence-corrected chi connectivity index (χ3v) is 2.07. The van der Waals surface area contributed by atoms with Crippen LogP contribution < -0.4 is 5.32 Å². The van der Waals surface area contributed by atoms with Gasteiger partial charge in [0.2, 0.25) is 5.91 Å². The number of rotatable bonds is 3. The molecular formula is C7H13NO4. The maximum absolute atomic E-state index is 10.7. The lowest BCUT2D eigenvalue weighted by Gasteiger charge is -2.20. The second kappa shape index (κ2) is 3.84. The second-order valence-corrected chi connectivity index (χ2v) is 3.01. The third-order valence-electron chi connectivity index (χ3n) is 2.07. The van der Waals surface area contributed by atoms with Crippen molar-refractivity contribution in [2.45, 2.75) is 18.6 Å². The van der Waals surface area contributed by atoms with Crippen LogP contribution in [0.5, 0.6) is 0 Å². The number of hydrogen-bond acceptors (Lipinski definition) is 4. The Morgan fingerprint density at radius 1 is 1.58 bits per heavy atom. The number of hydrogen-bond donors (Lipinski definition) is 4. The van der Waals surface area contributed by atoms with Gasteiger partial charge in [-0.1, -0.05) is 0 Å². The summed E-state index contributed by atoms with van der Waals surface area (Å²) >= 11 is 0. The van der Waals surface area contributed by atoms with Gasteiger partial charge in [-0.25, -0.2) is 0 Å². The molecule has 1 amide bonds. The summed E-state index contributed by atoms with van der Waals surface area (Å²) in [5.74, 6) is -0.399. The Bertz CT molecular complexity index is 173. The molecule has 5 nitrogen and oxygen atoms in total.